The Hall–Kier alpha value is -1.85. The molecule has 0 radical (unpaired) electrons. The van der Waals surface area contributed by atoms with Gasteiger partial charge in [-0.3, -0.25) is 0 Å². The number of halogens is 1. The number of benzene rings is 1. The Morgan fingerprint density at radius 2 is 2.08 bits per heavy atom. The van der Waals surface area contributed by atoms with Crippen molar-refractivity contribution in [3.05, 3.63) is 75.0 Å². The van der Waals surface area contributed by atoms with E-state index in [-0.39, 0.29) is 0 Å². The fraction of sp³-hybridized carbons (Fsp3) is 0.211. The van der Waals surface area contributed by atoms with Crippen LogP contribution in [0.15, 0.2) is 64.6 Å². The lowest BCUT2D eigenvalue weighted by Gasteiger charge is -2.23. The molecule has 1 aromatic carbocycles. The summed E-state index contributed by atoms with van der Waals surface area (Å²) in [5, 5.41) is 2.07. The fourth-order valence-electron chi connectivity index (χ4n) is 2.46. The van der Waals surface area contributed by atoms with E-state index in [4.69, 9.17) is 4.74 Å². The van der Waals surface area contributed by atoms with Gasteiger partial charge in [-0.05, 0) is 48.7 Å². The molecule has 124 valence electrons. The molecule has 0 N–H and O–H groups in total. The van der Waals surface area contributed by atoms with Crippen molar-refractivity contribution >= 4 is 33.1 Å². The summed E-state index contributed by atoms with van der Waals surface area (Å²) < 4.78 is 7.11. The number of pyridine rings is 1. The van der Waals surface area contributed by atoms with E-state index in [1.165, 1.54) is 4.88 Å². The van der Waals surface area contributed by atoms with Crippen molar-refractivity contribution in [2.45, 2.75) is 20.1 Å². The van der Waals surface area contributed by atoms with Crippen LogP contribution in [-0.4, -0.2) is 11.5 Å². The highest BCUT2D eigenvalue weighted by molar-refractivity contribution is 9.10. The Balaban J connectivity index is 1.79. The van der Waals surface area contributed by atoms with Crippen molar-refractivity contribution in [3.8, 4) is 5.75 Å². The lowest BCUT2D eigenvalue weighted by atomic mass is 10.2. The molecule has 0 unspecified atom stereocenters. The van der Waals surface area contributed by atoms with Gasteiger partial charge in [-0.1, -0.05) is 28.1 Å². The average molecular weight is 403 g/mol. The summed E-state index contributed by atoms with van der Waals surface area (Å²) in [5.41, 5.74) is 1.15. The Kier molecular flexibility index (Phi) is 5.88. The molecule has 0 saturated heterocycles. The Labute approximate surface area is 155 Å². The standard InChI is InChI=1S/C19H19BrN2OS/c1-2-22(19-7-3-4-10-21-19)13-15-12-16(20)8-9-18(15)23-14-17-6-5-11-24-17/h3-12H,2,13-14H2,1H3. The Morgan fingerprint density at radius 1 is 1.17 bits per heavy atom. The van der Waals surface area contributed by atoms with Gasteiger partial charge in [-0.25, -0.2) is 4.98 Å². The second-order valence-electron chi connectivity index (χ2n) is 5.32. The predicted molar refractivity (Wildman–Crippen MR) is 104 cm³/mol. The van der Waals surface area contributed by atoms with Crippen LogP contribution >= 0.6 is 27.3 Å². The molecule has 0 aliphatic carbocycles. The summed E-state index contributed by atoms with van der Waals surface area (Å²) in [5.74, 6) is 1.89. The van der Waals surface area contributed by atoms with Gasteiger partial charge in [-0.15, -0.1) is 11.3 Å². The van der Waals surface area contributed by atoms with Gasteiger partial charge in [0.1, 0.15) is 18.2 Å². The molecule has 0 fully saturated rings. The lowest BCUT2D eigenvalue weighted by Crippen LogP contribution is -2.23. The van der Waals surface area contributed by atoms with Gasteiger partial charge in [0.05, 0.1) is 0 Å². The SMILES string of the molecule is CCN(Cc1cc(Br)ccc1OCc1cccs1)c1ccccn1. The monoisotopic (exact) mass is 402 g/mol. The molecule has 0 spiro atoms. The molecular formula is C19H19BrN2OS. The third kappa shape index (κ3) is 4.36. The van der Waals surface area contributed by atoms with Gasteiger partial charge in [0.15, 0.2) is 0 Å². The molecule has 2 heterocycles. The average Bonchev–Trinajstić information content (AvgIpc) is 3.13. The predicted octanol–water partition coefficient (Wildman–Crippen LogP) is 5.51. The summed E-state index contributed by atoms with van der Waals surface area (Å²) in [6.07, 6.45) is 1.83. The lowest BCUT2D eigenvalue weighted by molar-refractivity contribution is 0.306. The van der Waals surface area contributed by atoms with Crippen LogP contribution in [0.4, 0.5) is 5.82 Å². The van der Waals surface area contributed by atoms with Gasteiger partial charge in [0.2, 0.25) is 0 Å². The van der Waals surface area contributed by atoms with Crippen LogP contribution < -0.4 is 9.64 Å². The van der Waals surface area contributed by atoms with Gasteiger partial charge in [-0.2, -0.15) is 0 Å². The van der Waals surface area contributed by atoms with Crippen molar-refractivity contribution in [3.63, 3.8) is 0 Å². The summed E-state index contributed by atoms with van der Waals surface area (Å²) in [4.78, 5) is 7.92. The Bertz CT molecular complexity index is 762. The normalized spacial score (nSPS) is 10.6. The molecule has 5 heteroatoms. The molecule has 0 atom stereocenters. The summed E-state index contributed by atoms with van der Waals surface area (Å²) >= 11 is 5.28. The first-order chi connectivity index (χ1) is 11.8. The van der Waals surface area contributed by atoms with Crippen molar-refractivity contribution in [2.24, 2.45) is 0 Å². The zero-order valence-corrected chi connectivity index (χ0v) is 15.9. The zero-order valence-electron chi connectivity index (χ0n) is 13.5. The van der Waals surface area contributed by atoms with Crippen molar-refractivity contribution in [1.29, 1.82) is 0 Å². The molecule has 2 aromatic heterocycles. The smallest absolute Gasteiger partial charge is 0.128 e. The van der Waals surface area contributed by atoms with E-state index in [2.05, 4.69) is 50.3 Å². The first-order valence-electron chi connectivity index (χ1n) is 7.86. The largest absolute Gasteiger partial charge is 0.488 e. The number of thiophene rings is 1. The molecule has 0 aliphatic rings. The van der Waals surface area contributed by atoms with Crippen LogP contribution in [0, 0.1) is 0 Å². The second-order valence-corrected chi connectivity index (χ2v) is 7.27. The molecule has 0 aliphatic heterocycles. The second kappa shape index (κ2) is 8.31. The van der Waals surface area contributed by atoms with Crippen LogP contribution in [0.5, 0.6) is 5.75 Å². The maximum atomic E-state index is 6.06. The number of ether oxygens (including phenoxy) is 1. The molecule has 3 nitrogen and oxygen atoms in total. The number of anilines is 1. The maximum Gasteiger partial charge on any atom is 0.128 e. The summed E-state index contributed by atoms with van der Waals surface area (Å²) in [6.45, 7) is 4.38. The van der Waals surface area contributed by atoms with Crippen molar-refractivity contribution in [1.82, 2.24) is 4.98 Å². The van der Waals surface area contributed by atoms with E-state index >= 15 is 0 Å². The first kappa shape index (κ1) is 17.0. The van der Waals surface area contributed by atoms with E-state index in [1.807, 2.05) is 42.6 Å². The van der Waals surface area contributed by atoms with Gasteiger partial charge >= 0.3 is 0 Å². The minimum atomic E-state index is 0.599. The highest BCUT2D eigenvalue weighted by Crippen LogP contribution is 2.27. The van der Waals surface area contributed by atoms with Gasteiger partial charge in [0.25, 0.3) is 0 Å². The molecule has 24 heavy (non-hydrogen) atoms. The van der Waals surface area contributed by atoms with Crippen LogP contribution in [0.1, 0.15) is 17.4 Å². The van der Waals surface area contributed by atoms with E-state index in [9.17, 15) is 0 Å². The van der Waals surface area contributed by atoms with Gasteiger partial charge in [0, 0.05) is 34.2 Å². The van der Waals surface area contributed by atoms with Crippen molar-refractivity contribution in [2.75, 3.05) is 11.4 Å². The maximum absolute atomic E-state index is 6.06. The third-order valence-electron chi connectivity index (χ3n) is 3.69. The molecule has 0 amide bonds. The molecule has 3 aromatic rings. The first-order valence-corrected chi connectivity index (χ1v) is 9.53. The molecule has 0 bridgehead atoms. The summed E-state index contributed by atoms with van der Waals surface area (Å²) in [6, 6.07) is 16.3. The fourth-order valence-corrected chi connectivity index (χ4v) is 3.48. The zero-order chi connectivity index (χ0) is 16.8. The number of hydrogen-bond donors (Lipinski definition) is 0. The number of hydrogen-bond acceptors (Lipinski definition) is 4. The molecule has 0 saturated carbocycles. The van der Waals surface area contributed by atoms with Crippen LogP contribution in [-0.2, 0) is 13.2 Å². The molecule has 3 rings (SSSR count). The Morgan fingerprint density at radius 3 is 2.79 bits per heavy atom. The van der Waals surface area contributed by atoms with Crippen LogP contribution in [0.25, 0.3) is 0 Å². The summed E-state index contributed by atoms with van der Waals surface area (Å²) in [7, 11) is 0. The highest BCUT2D eigenvalue weighted by Gasteiger charge is 2.11. The number of rotatable bonds is 7. The molecular weight excluding hydrogens is 384 g/mol. The third-order valence-corrected chi connectivity index (χ3v) is 5.03. The van der Waals surface area contributed by atoms with Crippen LogP contribution in [0.2, 0.25) is 0 Å². The van der Waals surface area contributed by atoms with E-state index in [0.29, 0.717) is 6.61 Å². The quantitative estimate of drug-likeness (QED) is 0.520. The topological polar surface area (TPSA) is 25.4 Å². The van der Waals surface area contributed by atoms with E-state index in [0.717, 1.165) is 34.7 Å². The minimum absolute atomic E-state index is 0.599. The van der Waals surface area contributed by atoms with E-state index in [1.54, 1.807) is 11.3 Å². The number of aromatic nitrogens is 1. The number of nitrogens with zero attached hydrogens (tertiary/aromatic N) is 2. The van der Waals surface area contributed by atoms with Crippen molar-refractivity contribution < 1.29 is 4.74 Å². The van der Waals surface area contributed by atoms with E-state index < -0.39 is 0 Å². The van der Waals surface area contributed by atoms with Gasteiger partial charge < -0.3 is 9.64 Å². The highest BCUT2D eigenvalue weighted by atomic mass is 79.9. The van der Waals surface area contributed by atoms with Crippen LogP contribution in [0.3, 0.4) is 0 Å². The minimum Gasteiger partial charge on any atom is -0.488 e.